The number of benzene rings is 2. The van der Waals surface area contributed by atoms with Gasteiger partial charge in [0.2, 0.25) is 0 Å². The monoisotopic (exact) mass is 580 g/mol. The fourth-order valence-electron chi connectivity index (χ4n) is 4.93. The van der Waals surface area contributed by atoms with Gasteiger partial charge in [-0.1, -0.05) is 18.2 Å². The number of piperidine rings is 1. The van der Waals surface area contributed by atoms with Crippen LogP contribution in [0.25, 0.3) is 10.9 Å². The number of esters is 1. The van der Waals surface area contributed by atoms with Crippen LogP contribution < -0.4 is 15.5 Å². The fraction of sp³-hybridized carbons (Fsp3) is 0.276. The van der Waals surface area contributed by atoms with Crippen LogP contribution in [-0.2, 0) is 11.3 Å². The Bertz CT molecular complexity index is 1650. The molecule has 0 spiro atoms. The average Bonchev–Trinajstić information content (AvgIpc) is 3.34. The molecule has 1 saturated heterocycles. The minimum atomic E-state index is -4.53. The molecule has 0 radical (unpaired) electrons. The molecule has 10 nitrogen and oxygen atoms in total. The van der Waals surface area contributed by atoms with Crippen LogP contribution in [0.2, 0.25) is 0 Å². The number of para-hydroxylation sites is 1. The Kier molecular flexibility index (Phi) is 8.09. The van der Waals surface area contributed by atoms with Gasteiger partial charge in [0, 0.05) is 36.4 Å². The molecule has 2 N–H and O–H groups in total. The quantitative estimate of drug-likeness (QED) is 0.286. The third kappa shape index (κ3) is 6.19. The number of ether oxygens (including phenoxy) is 1. The van der Waals surface area contributed by atoms with Crippen LogP contribution in [0.3, 0.4) is 0 Å². The van der Waals surface area contributed by atoms with Crippen molar-refractivity contribution < 1.29 is 32.3 Å². The van der Waals surface area contributed by atoms with E-state index in [2.05, 4.69) is 25.6 Å². The summed E-state index contributed by atoms with van der Waals surface area (Å²) in [6, 6.07) is 12.5. The number of alkyl halides is 3. The summed E-state index contributed by atoms with van der Waals surface area (Å²) in [7, 11) is 1.21. The van der Waals surface area contributed by atoms with Gasteiger partial charge in [-0.2, -0.15) is 18.3 Å². The van der Waals surface area contributed by atoms with E-state index in [9.17, 15) is 27.6 Å². The third-order valence-electron chi connectivity index (χ3n) is 6.88. The van der Waals surface area contributed by atoms with Crippen LogP contribution in [0.4, 0.5) is 30.2 Å². The van der Waals surface area contributed by atoms with E-state index in [0.717, 1.165) is 37.0 Å². The number of aromatic nitrogens is 3. The highest BCUT2D eigenvalue weighted by atomic mass is 19.4. The van der Waals surface area contributed by atoms with Gasteiger partial charge < -0.3 is 20.3 Å². The molecule has 1 fully saturated rings. The van der Waals surface area contributed by atoms with E-state index in [1.807, 2.05) is 0 Å². The van der Waals surface area contributed by atoms with Gasteiger partial charge in [0.25, 0.3) is 11.8 Å². The summed E-state index contributed by atoms with van der Waals surface area (Å²) in [5.74, 6) is -1.96. The first kappa shape index (κ1) is 28.6. The lowest BCUT2D eigenvalue weighted by molar-refractivity contribution is -0.141. The van der Waals surface area contributed by atoms with Crippen molar-refractivity contribution >= 4 is 45.7 Å². The summed E-state index contributed by atoms with van der Waals surface area (Å²) in [4.78, 5) is 44.9. The van der Waals surface area contributed by atoms with E-state index in [-0.39, 0.29) is 33.4 Å². The van der Waals surface area contributed by atoms with Gasteiger partial charge in [0.05, 0.1) is 29.7 Å². The standard InChI is InChI=1S/C29H27F3N6O4/c1-42-28(41)20-16-33-12-11-21(20)34-26(39)18-9-10-24(37-13-5-2-6-14-37)22(15-18)35-27(40)25-19-7-3-4-8-23(19)38(36-25)17-29(30,31)32/h3-4,7-12,15-16H,2,5-6,13-14,17H2,1H3,(H,35,40)(H,33,34,39). The molecule has 42 heavy (non-hydrogen) atoms. The number of methoxy groups -OCH3 is 1. The van der Waals surface area contributed by atoms with Crippen molar-refractivity contribution in [3.8, 4) is 0 Å². The lowest BCUT2D eigenvalue weighted by Crippen LogP contribution is -2.30. The lowest BCUT2D eigenvalue weighted by atomic mass is 10.1. The molecule has 2 aromatic heterocycles. The predicted molar refractivity (Wildman–Crippen MR) is 150 cm³/mol. The summed E-state index contributed by atoms with van der Waals surface area (Å²) in [5, 5.41) is 9.73. The SMILES string of the molecule is COC(=O)c1cnccc1NC(=O)c1ccc(N2CCCCC2)c(NC(=O)c2nn(CC(F)(F)F)c3ccccc23)c1. The number of amides is 2. The van der Waals surface area contributed by atoms with Gasteiger partial charge in [-0.15, -0.1) is 0 Å². The molecule has 218 valence electrons. The smallest absolute Gasteiger partial charge is 0.408 e. The minimum absolute atomic E-state index is 0.0631. The summed E-state index contributed by atoms with van der Waals surface area (Å²) in [5.41, 5.74) is 1.38. The Morgan fingerprint density at radius 3 is 2.43 bits per heavy atom. The van der Waals surface area contributed by atoms with E-state index < -0.39 is 30.5 Å². The molecular formula is C29H27F3N6O4. The number of nitrogens with zero attached hydrogens (tertiary/aromatic N) is 4. The maximum absolute atomic E-state index is 13.5. The number of pyridine rings is 1. The molecule has 0 unspecified atom stereocenters. The molecular weight excluding hydrogens is 553 g/mol. The zero-order valence-electron chi connectivity index (χ0n) is 22.6. The molecule has 0 bridgehead atoms. The second-order valence-electron chi connectivity index (χ2n) is 9.74. The number of hydrogen-bond acceptors (Lipinski definition) is 7. The largest absolute Gasteiger partial charge is 0.465 e. The number of nitrogens with one attached hydrogen (secondary N) is 2. The zero-order chi connectivity index (χ0) is 29.9. The van der Waals surface area contributed by atoms with Crippen LogP contribution in [-0.4, -0.2) is 58.9 Å². The highest BCUT2D eigenvalue weighted by Crippen LogP contribution is 2.32. The summed E-state index contributed by atoms with van der Waals surface area (Å²) < 4.78 is 45.2. The van der Waals surface area contributed by atoms with Crippen LogP contribution >= 0.6 is 0 Å². The van der Waals surface area contributed by atoms with Gasteiger partial charge in [0.15, 0.2) is 5.69 Å². The number of rotatable bonds is 7. The molecule has 5 rings (SSSR count). The first-order chi connectivity index (χ1) is 20.1. The van der Waals surface area contributed by atoms with Gasteiger partial charge in [0.1, 0.15) is 12.1 Å². The van der Waals surface area contributed by atoms with Gasteiger partial charge in [-0.25, -0.2) is 4.79 Å². The number of carbonyl (C=O) groups excluding carboxylic acids is 3. The molecule has 4 aromatic rings. The van der Waals surface area contributed by atoms with Crippen LogP contribution in [0.15, 0.2) is 60.9 Å². The molecule has 1 aliphatic heterocycles. The number of anilines is 3. The maximum atomic E-state index is 13.5. The molecule has 0 saturated carbocycles. The second kappa shape index (κ2) is 11.9. The second-order valence-corrected chi connectivity index (χ2v) is 9.74. The average molecular weight is 581 g/mol. The minimum Gasteiger partial charge on any atom is -0.465 e. The fourth-order valence-corrected chi connectivity index (χ4v) is 4.93. The van der Waals surface area contributed by atoms with Gasteiger partial charge >= 0.3 is 12.1 Å². The van der Waals surface area contributed by atoms with Gasteiger partial charge in [-0.05, 0) is 49.6 Å². The number of hydrogen-bond donors (Lipinski definition) is 2. The third-order valence-corrected chi connectivity index (χ3v) is 6.88. The van der Waals surface area contributed by atoms with Crippen molar-refractivity contribution in [2.75, 3.05) is 35.7 Å². The van der Waals surface area contributed by atoms with E-state index in [4.69, 9.17) is 4.74 Å². The predicted octanol–water partition coefficient (Wildman–Crippen LogP) is 5.28. The molecule has 0 atom stereocenters. The summed E-state index contributed by atoms with van der Waals surface area (Å²) in [6.45, 7) is 0.117. The first-order valence-electron chi connectivity index (χ1n) is 13.2. The van der Waals surface area contributed by atoms with E-state index >= 15 is 0 Å². The summed E-state index contributed by atoms with van der Waals surface area (Å²) >= 11 is 0. The van der Waals surface area contributed by atoms with E-state index in [1.54, 1.807) is 24.3 Å². The van der Waals surface area contributed by atoms with E-state index in [0.29, 0.717) is 11.4 Å². The molecule has 2 aromatic carbocycles. The topological polar surface area (TPSA) is 118 Å². The van der Waals surface area contributed by atoms with Crippen LogP contribution in [0, 0.1) is 0 Å². The Morgan fingerprint density at radius 1 is 0.952 bits per heavy atom. The van der Waals surface area contributed by atoms with Crippen molar-refractivity contribution in [1.29, 1.82) is 0 Å². The number of carbonyl (C=O) groups is 3. The van der Waals surface area contributed by atoms with E-state index in [1.165, 1.54) is 43.8 Å². The van der Waals surface area contributed by atoms with Crippen LogP contribution in [0.5, 0.6) is 0 Å². The van der Waals surface area contributed by atoms with Crippen molar-refractivity contribution in [2.45, 2.75) is 32.0 Å². The molecule has 13 heteroatoms. The number of halogens is 3. The molecule has 2 amide bonds. The van der Waals surface area contributed by atoms with Crippen molar-refractivity contribution in [2.24, 2.45) is 0 Å². The van der Waals surface area contributed by atoms with Crippen LogP contribution in [0.1, 0.15) is 50.5 Å². The molecule has 1 aliphatic rings. The molecule has 0 aliphatic carbocycles. The Morgan fingerprint density at radius 2 is 1.69 bits per heavy atom. The van der Waals surface area contributed by atoms with Gasteiger partial charge in [-0.3, -0.25) is 19.3 Å². The Hall–Kier alpha value is -4.94. The Labute approximate surface area is 238 Å². The molecule has 3 heterocycles. The first-order valence-corrected chi connectivity index (χ1v) is 13.2. The highest BCUT2D eigenvalue weighted by molar-refractivity contribution is 6.13. The Balaban J connectivity index is 1.49. The summed E-state index contributed by atoms with van der Waals surface area (Å²) in [6.07, 6.45) is 1.11. The zero-order valence-corrected chi connectivity index (χ0v) is 22.6. The van der Waals surface area contributed by atoms with Crippen molar-refractivity contribution in [3.63, 3.8) is 0 Å². The van der Waals surface area contributed by atoms with Crippen molar-refractivity contribution in [3.05, 3.63) is 77.7 Å². The van der Waals surface area contributed by atoms with Crippen molar-refractivity contribution in [1.82, 2.24) is 14.8 Å². The number of fused-ring (bicyclic) bond motifs is 1. The highest BCUT2D eigenvalue weighted by Gasteiger charge is 2.31. The normalized spacial score (nSPS) is 13.6. The maximum Gasteiger partial charge on any atom is 0.408 e. The lowest BCUT2D eigenvalue weighted by Gasteiger charge is -2.30.